The van der Waals surface area contributed by atoms with Crippen molar-refractivity contribution in [3.05, 3.63) is 59.2 Å². The van der Waals surface area contributed by atoms with Crippen LogP contribution in [0.25, 0.3) is 0 Å². The highest BCUT2D eigenvalue weighted by Gasteiger charge is 2.06. The number of carbonyl (C=O) groups is 2. The van der Waals surface area contributed by atoms with Crippen molar-refractivity contribution in [2.24, 2.45) is 0 Å². The number of carbonyl (C=O) groups excluding carboxylic acids is 2. The van der Waals surface area contributed by atoms with Crippen molar-refractivity contribution in [3.8, 4) is 5.75 Å². The van der Waals surface area contributed by atoms with E-state index in [-0.39, 0.29) is 18.1 Å². The second-order valence-electron chi connectivity index (χ2n) is 5.55. The molecule has 120 valence electrons. The second-order valence-corrected chi connectivity index (χ2v) is 5.55. The van der Waals surface area contributed by atoms with Gasteiger partial charge in [-0.05, 0) is 44.5 Å². The minimum Gasteiger partial charge on any atom is -0.493 e. The molecule has 1 N–H and O–H groups in total. The van der Waals surface area contributed by atoms with Gasteiger partial charge in [0.1, 0.15) is 5.75 Å². The largest absolute Gasteiger partial charge is 0.493 e. The normalized spacial score (nSPS) is 10.2. The summed E-state index contributed by atoms with van der Waals surface area (Å²) in [4.78, 5) is 23.3. The fourth-order valence-electron chi connectivity index (χ4n) is 2.25. The van der Waals surface area contributed by atoms with Gasteiger partial charge in [-0.25, -0.2) is 0 Å². The van der Waals surface area contributed by atoms with Crippen molar-refractivity contribution in [2.45, 2.75) is 27.2 Å². The fourth-order valence-corrected chi connectivity index (χ4v) is 2.25. The molecule has 0 aliphatic carbocycles. The molecule has 0 aliphatic heterocycles. The first-order chi connectivity index (χ1) is 11.0. The van der Waals surface area contributed by atoms with Crippen LogP contribution in [0, 0.1) is 13.8 Å². The number of ketones is 1. The Balaban J connectivity index is 1.85. The van der Waals surface area contributed by atoms with Crippen LogP contribution < -0.4 is 10.1 Å². The molecule has 0 fully saturated rings. The summed E-state index contributed by atoms with van der Waals surface area (Å²) in [6.07, 6.45) is 0.248. The molecule has 0 aliphatic rings. The lowest BCUT2D eigenvalue weighted by Gasteiger charge is -2.10. The SMILES string of the molecule is CC(=O)c1cccc(NC(=O)CCOc2ccc(C)cc2C)c1. The van der Waals surface area contributed by atoms with Gasteiger partial charge < -0.3 is 10.1 Å². The van der Waals surface area contributed by atoms with Crippen LogP contribution in [0.1, 0.15) is 34.8 Å². The van der Waals surface area contributed by atoms with Crippen LogP contribution in [-0.2, 0) is 4.79 Å². The van der Waals surface area contributed by atoms with E-state index < -0.39 is 0 Å². The molecule has 0 spiro atoms. The quantitative estimate of drug-likeness (QED) is 0.823. The minimum atomic E-state index is -0.143. The second kappa shape index (κ2) is 7.58. The van der Waals surface area contributed by atoms with E-state index in [0.29, 0.717) is 17.9 Å². The van der Waals surface area contributed by atoms with Crippen LogP contribution >= 0.6 is 0 Å². The van der Waals surface area contributed by atoms with E-state index in [0.717, 1.165) is 11.3 Å². The topological polar surface area (TPSA) is 55.4 Å². The van der Waals surface area contributed by atoms with Crippen molar-refractivity contribution in [2.75, 3.05) is 11.9 Å². The number of aryl methyl sites for hydroxylation is 2. The summed E-state index contributed by atoms with van der Waals surface area (Å²) in [5.74, 6) is 0.622. The maximum absolute atomic E-state index is 11.9. The smallest absolute Gasteiger partial charge is 0.227 e. The van der Waals surface area contributed by atoms with Gasteiger partial charge in [-0.3, -0.25) is 9.59 Å². The highest BCUT2D eigenvalue weighted by atomic mass is 16.5. The Labute approximate surface area is 136 Å². The zero-order valence-corrected chi connectivity index (χ0v) is 13.7. The highest BCUT2D eigenvalue weighted by molar-refractivity contribution is 5.97. The molecule has 4 heteroatoms. The summed E-state index contributed by atoms with van der Waals surface area (Å²) >= 11 is 0. The highest BCUT2D eigenvalue weighted by Crippen LogP contribution is 2.19. The van der Waals surface area contributed by atoms with E-state index >= 15 is 0 Å². The molecule has 2 aromatic rings. The van der Waals surface area contributed by atoms with E-state index in [1.165, 1.54) is 12.5 Å². The molecule has 0 atom stereocenters. The lowest BCUT2D eigenvalue weighted by atomic mass is 10.1. The van der Waals surface area contributed by atoms with E-state index in [4.69, 9.17) is 4.74 Å². The molecule has 4 nitrogen and oxygen atoms in total. The van der Waals surface area contributed by atoms with Gasteiger partial charge in [-0.2, -0.15) is 0 Å². The summed E-state index contributed by atoms with van der Waals surface area (Å²) in [5.41, 5.74) is 3.43. The molecular weight excluding hydrogens is 290 g/mol. The van der Waals surface area contributed by atoms with Crippen molar-refractivity contribution in [1.82, 2.24) is 0 Å². The van der Waals surface area contributed by atoms with Crippen LogP contribution in [0.5, 0.6) is 5.75 Å². The number of ether oxygens (including phenoxy) is 1. The molecule has 0 bridgehead atoms. The van der Waals surface area contributed by atoms with Gasteiger partial charge in [-0.1, -0.05) is 29.8 Å². The molecule has 0 saturated heterocycles. The number of benzene rings is 2. The molecule has 0 heterocycles. The molecule has 0 saturated carbocycles. The number of nitrogens with one attached hydrogen (secondary N) is 1. The lowest BCUT2D eigenvalue weighted by molar-refractivity contribution is -0.116. The first-order valence-electron chi connectivity index (χ1n) is 7.56. The first-order valence-corrected chi connectivity index (χ1v) is 7.56. The predicted octanol–water partition coefficient (Wildman–Crippen LogP) is 3.91. The number of hydrogen-bond donors (Lipinski definition) is 1. The van der Waals surface area contributed by atoms with Crippen LogP contribution in [0.3, 0.4) is 0 Å². The van der Waals surface area contributed by atoms with Gasteiger partial charge in [0.2, 0.25) is 5.91 Å². The number of rotatable bonds is 6. The van der Waals surface area contributed by atoms with Crippen molar-refractivity contribution in [3.63, 3.8) is 0 Å². The third kappa shape index (κ3) is 4.95. The van der Waals surface area contributed by atoms with Crippen molar-refractivity contribution >= 4 is 17.4 Å². The summed E-state index contributed by atoms with van der Waals surface area (Å²) in [6.45, 7) is 5.82. The maximum Gasteiger partial charge on any atom is 0.227 e. The molecule has 0 radical (unpaired) electrons. The zero-order valence-electron chi connectivity index (χ0n) is 13.7. The third-order valence-corrected chi connectivity index (χ3v) is 3.47. The average molecular weight is 311 g/mol. The summed E-state index contributed by atoms with van der Waals surface area (Å²) in [7, 11) is 0. The molecule has 1 amide bonds. The molecule has 0 aromatic heterocycles. The third-order valence-electron chi connectivity index (χ3n) is 3.47. The van der Waals surface area contributed by atoms with Gasteiger partial charge in [0.15, 0.2) is 5.78 Å². The number of anilines is 1. The summed E-state index contributed by atoms with van der Waals surface area (Å²) < 4.78 is 5.65. The van der Waals surface area contributed by atoms with Crippen molar-refractivity contribution in [1.29, 1.82) is 0 Å². The van der Waals surface area contributed by atoms with Gasteiger partial charge in [0, 0.05) is 11.3 Å². The standard InChI is InChI=1S/C19H21NO3/c1-13-7-8-18(14(2)11-13)23-10-9-19(22)20-17-6-4-5-16(12-17)15(3)21/h4-8,11-12H,9-10H2,1-3H3,(H,20,22). The Morgan fingerprint density at radius 3 is 2.57 bits per heavy atom. The van der Waals surface area contributed by atoms with Crippen LogP contribution in [0.2, 0.25) is 0 Å². The number of amides is 1. The lowest BCUT2D eigenvalue weighted by Crippen LogP contribution is -2.15. The summed E-state index contributed by atoms with van der Waals surface area (Å²) in [5, 5.41) is 2.78. The van der Waals surface area contributed by atoms with Crippen LogP contribution in [-0.4, -0.2) is 18.3 Å². The fraction of sp³-hybridized carbons (Fsp3) is 0.263. The Bertz CT molecular complexity index is 722. The van der Waals surface area contributed by atoms with Crippen LogP contribution in [0.4, 0.5) is 5.69 Å². The monoisotopic (exact) mass is 311 g/mol. The van der Waals surface area contributed by atoms with Crippen molar-refractivity contribution < 1.29 is 14.3 Å². The number of hydrogen-bond acceptors (Lipinski definition) is 3. The Hall–Kier alpha value is -2.62. The van der Waals surface area contributed by atoms with E-state index in [1.54, 1.807) is 24.3 Å². The summed E-state index contributed by atoms with van der Waals surface area (Å²) in [6, 6.07) is 12.8. The van der Waals surface area contributed by atoms with Gasteiger partial charge >= 0.3 is 0 Å². The first kappa shape index (κ1) is 16.7. The molecule has 2 rings (SSSR count). The Morgan fingerprint density at radius 2 is 1.87 bits per heavy atom. The average Bonchev–Trinajstić information content (AvgIpc) is 2.49. The molecule has 0 unspecified atom stereocenters. The Morgan fingerprint density at radius 1 is 1.09 bits per heavy atom. The Kier molecular flexibility index (Phi) is 5.52. The zero-order chi connectivity index (χ0) is 16.8. The van der Waals surface area contributed by atoms with Gasteiger partial charge in [-0.15, -0.1) is 0 Å². The van der Waals surface area contributed by atoms with E-state index in [9.17, 15) is 9.59 Å². The molecule has 23 heavy (non-hydrogen) atoms. The van der Waals surface area contributed by atoms with Gasteiger partial charge in [0.05, 0.1) is 13.0 Å². The number of Topliss-reactive ketones (excluding diaryl/α,β-unsaturated/α-hetero) is 1. The predicted molar refractivity (Wildman–Crippen MR) is 91.1 cm³/mol. The minimum absolute atomic E-state index is 0.0284. The van der Waals surface area contributed by atoms with Gasteiger partial charge in [0.25, 0.3) is 0 Å². The van der Waals surface area contributed by atoms with Crippen LogP contribution in [0.15, 0.2) is 42.5 Å². The maximum atomic E-state index is 11.9. The molecular formula is C19H21NO3. The molecule has 2 aromatic carbocycles. The van der Waals surface area contributed by atoms with E-state index in [2.05, 4.69) is 5.32 Å². The van der Waals surface area contributed by atoms with E-state index in [1.807, 2.05) is 32.0 Å².